The second kappa shape index (κ2) is 5.14. The first-order chi connectivity index (χ1) is 7.44. The van der Waals surface area contributed by atoms with Gasteiger partial charge in [0.05, 0.1) is 0 Å². The van der Waals surface area contributed by atoms with Crippen molar-refractivity contribution in [2.75, 3.05) is 0 Å². The summed E-state index contributed by atoms with van der Waals surface area (Å²) in [6, 6.07) is 0. The van der Waals surface area contributed by atoms with Gasteiger partial charge in [-0.05, 0) is 27.2 Å². The van der Waals surface area contributed by atoms with Gasteiger partial charge in [0.1, 0.15) is 0 Å². The summed E-state index contributed by atoms with van der Waals surface area (Å²) in [5, 5.41) is 2.92. The largest absolute Gasteiger partial charge is 0.345 e. The molecule has 1 amide bonds. The molecule has 0 radical (unpaired) electrons. The van der Waals surface area contributed by atoms with Crippen molar-refractivity contribution in [3.8, 4) is 0 Å². The molecule has 1 aromatic heterocycles. The molecule has 1 heterocycles. The van der Waals surface area contributed by atoms with E-state index in [4.69, 9.17) is 0 Å². The molecule has 90 valence electrons. The number of aryl methyl sites for hydroxylation is 1. The first kappa shape index (κ1) is 12.7. The summed E-state index contributed by atoms with van der Waals surface area (Å²) in [5.41, 5.74) is -0.224. The quantitative estimate of drug-likeness (QED) is 0.850. The van der Waals surface area contributed by atoms with E-state index in [0.717, 1.165) is 19.4 Å². The van der Waals surface area contributed by atoms with E-state index in [1.165, 1.54) is 0 Å². The highest BCUT2D eigenvalue weighted by molar-refractivity contribution is 5.91. The van der Waals surface area contributed by atoms with Gasteiger partial charge in [-0.25, -0.2) is 4.98 Å². The Morgan fingerprint density at radius 3 is 2.75 bits per heavy atom. The summed E-state index contributed by atoms with van der Waals surface area (Å²) in [4.78, 5) is 16.0. The fourth-order valence-electron chi connectivity index (χ4n) is 1.42. The smallest absolute Gasteiger partial charge is 0.287 e. The normalized spacial score (nSPS) is 11.5. The highest BCUT2D eigenvalue weighted by Crippen LogP contribution is 2.05. The van der Waals surface area contributed by atoms with Crippen LogP contribution >= 0.6 is 0 Å². The van der Waals surface area contributed by atoms with E-state index in [9.17, 15) is 4.79 Å². The fraction of sp³-hybridized carbons (Fsp3) is 0.667. The Labute approximate surface area is 97.1 Å². The first-order valence-corrected chi connectivity index (χ1v) is 5.77. The predicted octanol–water partition coefficient (Wildman–Crippen LogP) is 2.21. The number of nitrogens with zero attached hydrogens (tertiary/aromatic N) is 2. The molecule has 0 aliphatic carbocycles. The third-order valence-corrected chi connectivity index (χ3v) is 2.16. The number of nitrogens with one attached hydrogen (secondary N) is 1. The van der Waals surface area contributed by atoms with Crippen LogP contribution in [-0.2, 0) is 6.54 Å². The number of rotatable bonds is 4. The highest BCUT2D eigenvalue weighted by Gasteiger charge is 2.18. The Morgan fingerprint density at radius 1 is 1.50 bits per heavy atom. The molecular formula is C12H21N3O. The third-order valence-electron chi connectivity index (χ3n) is 2.16. The maximum atomic E-state index is 11.9. The third kappa shape index (κ3) is 3.68. The Kier molecular flexibility index (Phi) is 4.10. The summed E-state index contributed by atoms with van der Waals surface area (Å²) in [6.45, 7) is 8.87. The number of hydrogen-bond donors (Lipinski definition) is 1. The lowest BCUT2D eigenvalue weighted by atomic mass is 10.1. The molecule has 0 saturated heterocycles. The van der Waals surface area contributed by atoms with E-state index in [-0.39, 0.29) is 11.4 Å². The van der Waals surface area contributed by atoms with Gasteiger partial charge in [-0.1, -0.05) is 13.3 Å². The van der Waals surface area contributed by atoms with Gasteiger partial charge in [0, 0.05) is 24.5 Å². The molecule has 0 unspecified atom stereocenters. The van der Waals surface area contributed by atoms with Crippen LogP contribution in [-0.4, -0.2) is 21.0 Å². The fourth-order valence-corrected chi connectivity index (χ4v) is 1.42. The number of carbonyl (C=O) groups excluding carboxylic acids is 1. The van der Waals surface area contributed by atoms with Crippen LogP contribution in [0.4, 0.5) is 0 Å². The van der Waals surface area contributed by atoms with Gasteiger partial charge < -0.3 is 9.88 Å². The van der Waals surface area contributed by atoms with Crippen LogP contribution in [0.5, 0.6) is 0 Å². The van der Waals surface area contributed by atoms with Crippen LogP contribution in [0, 0.1) is 0 Å². The zero-order valence-corrected chi connectivity index (χ0v) is 10.6. The second-order valence-electron chi connectivity index (χ2n) is 5.00. The average molecular weight is 223 g/mol. The van der Waals surface area contributed by atoms with Crippen LogP contribution in [0.25, 0.3) is 0 Å². The highest BCUT2D eigenvalue weighted by atomic mass is 16.2. The van der Waals surface area contributed by atoms with Crippen LogP contribution < -0.4 is 5.32 Å². The Hall–Kier alpha value is -1.32. The summed E-state index contributed by atoms with van der Waals surface area (Å²) >= 11 is 0. The van der Waals surface area contributed by atoms with Gasteiger partial charge in [-0.15, -0.1) is 0 Å². The average Bonchev–Trinajstić information content (AvgIpc) is 2.59. The molecule has 1 N–H and O–H groups in total. The van der Waals surface area contributed by atoms with Gasteiger partial charge in [-0.3, -0.25) is 4.79 Å². The molecule has 0 bridgehead atoms. The number of unbranched alkanes of at least 4 members (excludes halogenated alkanes) is 1. The molecule has 4 nitrogen and oxygen atoms in total. The SMILES string of the molecule is CCCCn1ccnc1C(=O)NC(C)(C)C. The first-order valence-electron chi connectivity index (χ1n) is 5.77. The van der Waals surface area contributed by atoms with E-state index in [2.05, 4.69) is 17.2 Å². The number of hydrogen-bond acceptors (Lipinski definition) is 2. The molecule has 0 aliphatic rings. The number of aromatic nitrogens is 2. The summed E-state index contributed by atoms with van der Waals surface area (Å²) in [5.74, 6) is 0.400. The van der Waals surface area contributed by atoms with E-state index in [1.54, 1.807) is 6.20 Å². The van der Waals surface area contributed by atoms with Gasteiger partial charge in [-0.2, -0.15) is 0 Å². The van der Waals surface area contributed by atoms with Gasteiger partial charge in [0.25, 0.3) is 5.91 Å². The summed E-state index contributed by atoms with van der Waals surface area (Å²) in [7, 11) is 0. The van der Waals surface area contributed by atoms with Crippen molar-refractivity contribution in [1.82, 2.24) is 14.9 Å². The van der Waals surface area contributed by atoms with Crippen molar-refractivity contribution in [3.63, 3.8) is 0 Å². The lowest BCUT2D eigenvalue weighted by Gasteiger charge is -2.20. The maximum Gasteiger partial charge on any atom is 0.287 e. The summed E-state index contributed by atoms with van der Waals surface area (Å²) in [6.07, 6.45) is 5.70. The molecule has 1 aromatic rings. The molecule has 16 heavy (non-hydrogen) atoms. The van der Waals surface area contributed by atoms with Gasteiger partial charge >= 0.3 is 0 Å². The minimum atomic E-state index is -0.224. The molecule has 0 aromatic carbocycles. The van der Waals surface area contributed by atoms with Crippen LogP contribution in [0.3, 0.4) is 0 Å². The zero-order valence-electron chi connectivity index (χ0n) is 10.6. The van der Waals surface area contributed by atoms with Crippen molar-refractivity contribution >= 4 is 5.91 Å². The Balaban J connectivity index is 2.72. The molecule has 1 rings (SSSR count). The molecule has 0 saturated carbocycles. The molecule has 0 atom stereocenters. The van der Waals surface area contributed by atoms with Gasteiger partial charge in [0.15, 0.2) is 5.82 Å². The van der Waals surface area contributed by atoms with Crippen molar-refractivity contribution in [1.29, 1.82) is 0 Å². The lowest BCUT2D eigenvalue weighted by Crippen LogP contribution is -2.41. The van der Waals surface area contributed by atoms with Crippen LogP contribution in [0.1, 0.15) is 51.2 Å². The molecule has 0 spiro atoms. The number of carbonyl (C=O) groups is 1. The van der Waals surface area contributed by atoms with Crippen LogP contribution in [0.15, 0.2) is 12.4 Å². The standard InChI is InChI=1S/C12H21N3O/c1-5-6-8-15-9-7-13-10(15)11(16)14-12(2,3)4/h7,9H,5-6,8H2,1-4H3,(H,14,16). The minimum Gasteiger partial charge on any atom is -0.345 e. The van der Waals surface area contributed by atoms with Crippen molar-refractivity contribution in [3.05, 3.63) is 18.2 Å². The molecule has 0 aliphatic heterocycles. The van der Waals surface area contributed by atoms with Crippen LogP contribution in [0.2, 0.25) is 0 Å². The predicted molar refractivity (Wildman–Crippen MR) is 64.4 cm³/mol. The van der Waals surface area contributed by atoms with E-state index < -0.39 is 0 Å². The second-order valence-corrected chi connectivity index (χ2v) is 5.00. The van der Waals surface area contributed by atoms with Gasteiger partial charge in [0.2, 0.25) is 0 Å². The van der Waals surface area contributed by atoms with Crippen molar-refractivity contribution < 1.29 is 4.79 Å². The maximum absolute atomic E-state index is 11.9. The monoisotopic (exact) mass is 223 g/mol. The lowest BCUT2D eigenvalue weighted by molar-refractivity contribution is 0.0904. The minimum absolute atomic E-state index is 0.103. The molecule has 4 heteroatoms. The molecule has 0 fully saturated rings. The topological polar surface area (TPSA) is 46.9 Å². The Bertz CT molecular complexity index is 349. The van der Waals surface area contributed by atoms with Crippen molar-refractivity contribution in [2.24, 2.45) is 0 Å². The number of amides is 1. The Morgan fingerprint density at radius 2 is 2.19 bits per heavy atom. The van der Waals surface area contributed by atoms with E-state index >= 15 is 0 Å². The zero-order chi connectivity index (χ0) is 12.2. The molecular weight excluding hydrogens is 202 g/mol. The number of imidazole rings is 1. The van der Waals surface area contributed by atoms with E-state index in [1.807, 2.05) is 31.5 Å². The van der Waals surface area contributed by atoms with Crippen molar-refractivity contribution in [2.45, 2.75) is 52.6 Å². The summed E-state index contributed by atoms with van der Waals surface area (Å²) < 4.78 is 1.91. The van der Waals surface area contributed by atoms with E-state index in [0.29, 0.717) is 5.82 Å².